The van der Waals surface area contributed by atoms with Crippen LogP contribution < -0.4 is 10.1 Å². The highest BCUT2D eigenvalue weighted by molar-refractivity contribution is 5.94. The highest BCUT2D eigenvalue weighted by Gasteiger charge is 2.30. The molecule has 6 nitrogen and oxygen atoms in total. The molecule has 1 aliphatic heterocycles. The van der Waals surface area contributed by atoms with Crippen molar-refractivity contribution in [1.82, 2.24) is 14.8 Å². The molecule has 1 aromatic carbocycles. The van der Waals surface area contributed by atoms with Crippen molar-refractivity contribution in [2.24, 2.45) is 0 Å². The summed E-state index contributed by atoms with van der Waals surface area (Å²) >= 11 is 0. The van der Waals surface area contributed by atoms with E-state index in [1.807, 2.05) is 41.3 Å². The zero-order chi connectivity index (χ0) is 20.8. The molecule has 156 valence electrons. The van der Waals surface area contributed by atoms with Crippen molar-refractivity contribution in [2.75, 3.05) is 32.1 Å². The molecule has 0 radical (unpaired) electrons. The summed E-state index contributed by atoms with van der Waals surface area (Å²) < 4.78 is 5.18. The highest BCUT2D eigenvalue weighted by Crippen LogP contribution is 2.18. The number of anilines is 1. The predicted octanol–water partition coefficient (Wildman–Crippen LogP) is 3.65. The summed E-state index contributed by atoms with van der Waals surface area (Å²) in [5, 5.41) is 3.30. The number of methoxy groups -OCH3 is 1. The van der Waals surface area contributed by atoms with Gasteiger partial charge in [0.15, 0.2) is 0 Å². The fraction of sp³-hybridized carbons (Fsp3) is 0.478. The lowest BCUT2D eigenvalue weighted by Gasteiger charge is -2.43. The van der Waals surface area contributed by atoms with Crippen molar-refractivity contribution >= 4 is 11.7 Å². The average molecular weight is 397 g/mol. The second kappa shape index (κ2) is 9.74. The Bertz CT molecular complexity index is 790. The van der Waals surface area contributed by atoms with Gasteiger partial charge in [0.2, 0.25) is 0 Å². The molecular formula is C23H32N4O2. The number of nitrogens with zero attached hydrogens (tertiary/aromatic N) is 3. The SMILES string of the molecule is CC[C@H]1CN(C(=O)c2ccc(NCc3ccc(OC)cc3)nc2)CCN1C(C)C. The Morgan fingerprint density at radius 2 is 1.97 bits per heavy atom. The van der Waals surface area contributed by atoms with Crippen LogP contribution in [-0.4, -0.2) is 59.5 Å². The maximum absolute atomic E-state index is 12.9. The normalized spacial score (nSPS) is 17.4. The molecule has 1 N–H and O–H groups in total. The number of rotatable bonds is 7. The van der Waals surface area contributed by atoms with Gasteiger partial charge in [0.1, 0.15) is 11.6 Å². The lowest BCUT2D eigenvalue weighted by Crippen LogP contribution is -2.56. The first-order chi connectivity index (χ1) is 14.0. The first-order valence-corrected chi connectivity index (χ1v) is 10.4. The second-order valence-corrected chi connectivity index (χ2v) is 7.78. The summed E-state index contributed by atoms with van der Waals surface area (Å²) in [4.78, 5) is 21.8. The summed E-state index contributed by atoms with van der Waals surface area (Å²) in [5.74, 6) is 1.67. The van der Waals surface area contributed by atoms with E-state index in [0.29, 0.717) is 24.2 Å². The summed E-state index contributed by atoms with van der Waals surface area (Å²) in [6.45, 7) is 9.79. The minimum atomic E-state index is 0.0704. The molecular weight excluding hydrogens is 364 g/mol. The van der Waals surface area contributed by atoms with Gasteiger partial charge in [-0.2, -0.15) is 0 Å². The zero-order valence-corrected chi connectivity index (χ0v) is 17.9. The van der Waals surface area contributed by atoms with Crippen LogP contribution in [0, 0.1) is 0 Å². The number of carbonyl (C=O) groups excluding carboxylic acids is 1. The summed E-state index contributed by atoms with van der Waals surface area (Å²) in [6, 6.07) is 12.6. The fourth-order valence-electron chi connectivity index (χ4n) is 3.84. The van der Waals surface area contributed by atoms with Crippen LogP contribution in [0.4, 0.5) is 5.82 Å². The van der Waals surface area contributed by atoms with E-state index in [1.54, 1.807) is 13.3 Å². The number of hydrogen-bond acceptors (Lipinski definition) is 5. The Hall–Kier alpha value is -2.60. The van der Waals surface area contributed by atoms with Crippen molar-refractivity contribution < 1.29 is 9.53 Å². The second-order valence-electron chi connectivity index (χ2n) is 7.78. The maximum Gasteiger partial charge on any atom is 0.255 e. The summed E-state index contributed by atoms with van der Waals surface area (Å²) in [7, 11) is 1.66. The number of pyridine rings is 1. The first kappa shape index (κ1) is 21.1. The van der Waals surface area contributed by atoms with E-state index in [-0.39, 0.29) is 5.91 Å². The molecule has 3 rings (SSSR count). The van der Waals surface area contributed by atoms with Crippen LogP contribution in [0.1, 0.15) is 43.1 Å². The lowest BCUT2D eigenvalue weighted by molar-refractivity contribution is 0.0371. The van der Waals surface area contributed by atoms with E-state index in [4.69, 9.17) is 4.74 Å². The van der Waals surface area contributed by atoms with Gasteiger partial charge < -0.3 is 15.0 Å². The topological polar surface area (TPSA) is 57.7 Å². The van der Waals surface area contributed by atoms with E-state index < -0.39 is 0 Å². The van der Waals surface area contributed by atoms with Gasteiger partial charge >= 0.3 is 0 Å². The van der Waals surface area contributed by atoms with Crippen LogP contribution >= 0.6 is 0 Å². The number of benzene rings is 1. The number of piperazine rings is 1. The molecule has 1 saturated heterocycles. The molecule has 1 aliphatic rings. The molecule has 1 aromatic heterocycles. The molecule has 29 heavy (non-hydrogen) atoms. The van der Waals surface area contributed by atoms with Crippen LogP contribution in [0.25, 0.3) is 0 Å². The van der Waals surface area contributed by atoms with Crippen LogP contribution in [0.2, 0.25) is 0 Å². The Labute approximate surface area is 173 Å². The quantitative estimate of drug-likeness (QED) is 0.774. The molecule has 6 heteroatoms. The summed E-state index contributed by atoms with van der Waals surface area (Å²) in [6.07, 6.45) is 2.73. The molecule has 0 unspecified atom stereocenters. The minimum absolute atomic E-state index is 0.0704. The van der Waals surface area contributed by atoms with Crippen LogP contribution in [0.5, 0.6) is 5.75 Å². The van der Waals surface area contributed by atoms with Crippen LogP contribution in [0.3, 0.4) is 0 Å². The van der Waals surface area contributed by atoms with Crippen molar-refractivity contribution in [3.63, 3.8) is 0 Å². The monoisotopic (exact) mass is 396 g/mol. The van der Waals surface area contributed by atoms with Crippen molar-refractivity contribution in [2.45, 2.75) is 45.8 Å². The Balaban J connectivity index is 1.57. The van der Waals surface area contributed by atoms with Crippen molar-refractivity contribution in [3.05, 3.63) is 53.7 Å². The van der Waals surface area contributed by atoms with Crippen LogP contribution in [-0.2, 0) is 6.54 Å². The third kappa shape index (κ3) is 5.26. The van der Waals surface area contributed by atoms with E-state index in [1.165, 1.54) is 0 Å². The average Bonchev–Trinajstić information content (AvgIpc) is 2.77. The lowest BCUT2D eigenvalue weighted by atomic mass is 10.1. The van der Waals surface area contributed by atoms with Gasteiger partial charge in [0.25, 0.3) is 5.91 Å². The Morgan fingerprint density at radius 3 is 2.55 bits per heavy atom. The summed E-state index contributed by atoms with van der Waals surface area (Å²) in [5.41, 5.74) is 1.79. The zero-order valence-electron chi connectivity index (χ0n) is 17.9. The van der Waals surface area contributed by atoms with E-state index in [2.05, 4.69) is 36.0 Å². The number of nitrogens with one attached hydrogen (secondary N) is 1. The molecule has 0 bridgehead atoms. The molecule has 0 spiro atoms. The third-order valence-electron chi connectivity index (χ3n) is 5.59. The smallest absolute Gasteiger partial charge is 0.255 e. The van der Waals surface area contributed by atoms with Gasteiger partial charge in [-0.15, -0.1) is 0 Å². The fourth-order valence-corrected chi connectivity index (χ4v) is 3.84. The highest BCUT2D eigenvalue weighted by atomic mass is 16.5. The standard InChI is InChI=1S/C23H32N4O2/c1-5-20-16-26(12-13-27(20)17(2)3)23(28)19-8-11-22(25-15-19)24-14-18-6-9-21(29-4)10-7-18/h6-11,15,17,20H,5,12-14,16H2,1-4H3,(H,24,25)/t20-/m0/s1. The van der Waals surface area contributed by atoms with E-state index >= 15 is 0 Å². The number of carbonyl (C=O) groups is 1. The van der Waals surface area contributed by atoms with Crippen molar-refractivity contribution in [1.29, 1.82) is 0 Å². The van der Waals surface area contributed by atoms with E-state index in [9.17, 15) is 4.79 Å². The number of amides is 1. The third-order valence-corrected chi connectivity index (χ3v) is 5.59. The van der Waals surface area contributed by atoms with Gasteiger partial charge in [-0.1, -0.05) is 19.1 Å². The molecule has 2 aromatic rings. The van der Waals surface area contributed by atoms with Crippen LogP contribution in [0.15, 0.2) is 42.6 Å². The molecule has 0 saturated carbocycles. The predicted molar refractivity (Wildman–Crippen MR) is 116 cm³/mol. The number of hydrogen-bond donors (Lipinski definition) is 1. The molecule has 1 amide bonds. The van der Waals surface area contributed by atoms with Gasteiger partial charge in [-0.3, -0.25) is 9.69 Å². The molecule has 0 aliphatic carbocycles. The maximum atomic E-state index is 12.9. The van der Waals surface area contributed by atoms with E-state index in [0.717, 1.165) is 43.2 Å². The minimum Gasteiger partial charge on any atom is -0.497 e. The molecule has 1 fully saturated rings. The Morgan fingerprint density at radius 1 is 1.21 bits per heavy atom. The van der Waals surface area contributed by atoms with Gasteiger partial charge in [-0.25, -0.2) is 4.98 Å². The van der Waals surface area contributed by atoms with Gasteiger partial charge in [-0.05, 0) is 50.1 Å². The van der Waals surface area contributed by atoms with Gasteiger partial charge in [0, 0.05) is 44.5 Å². The van der Waals surface area contributed by atoms with Gasteiger partial charge in [0.05, 0.1) is 12.7 Å². The Kier molecular flexibility index (Phi) is 7.09. The number of ether oxygens (including phenoxy) is 1. The number of aromatic nitrogens is 1. The largest absolute Gasteiger partial charge is 0.497 e. The molecule has 1 atom stereocenters. The van der Waals surface area contributed by atoms with Crippen molar-refractivity contribution in [3.8, 4) is 5.75 Å². The first-order valence-electron chi connectivity index (χ1n) is 10.4. The molecule has 2 heterocycles.